The minimum atomic E-state index is -0.634. The monoisotopic (exact) mass is 335 g/mol. The summed E-state index contributed by atoms with van der Waals surface area (Å²) in [6, 6.07) is 3.34. The van der Waals surface area contributed by atoms with E-state index < -0.39 is 5.97 Å². The van der Waals surface area contributed by atoms with E-state index in [1.165, 1.54) is 6.20 Å². The fraction of sp³-hybridized carbons (Fsp3) is 0.375. The number of aromatic nitrogens is 1. The summed E-state index contributed by atoms with van der Waals surface area (Å²) >= 11 is 1.68. The Bertz CT molecular complexity index is 801. The molecule has 2 aromatic rings. The van der Waals surface area contributed by atoms with Crippen LogP contribution in [-0.2, 0) is 4.74 Å². The molecule has 1 aromatic heterocycles. The van der Waals surface area contributed by atoms with Crippen LogP contribution in [0.15, 0.2) is 23.1 Å². The molecule has 0 spiro atoms. The van der Waals surface area contributed by atoms with Crippen molar-refractivity contribution in [3.05, 3.63) is 34.1 Å². The highest BCUT2D eigenvalue weighted by atomic mass is 32.2. The van der Waals surface area contributed by atoms with Gasteiger partial charge in [-0.3, -0.25) is 4.79 Å². The second-order valence-corrected chi connectivity index (χ2v) is 6.01. The summed E-state index contributed by atoms with van der Waals surface area (Å²) in [5.74, 6) is 1.31. The molecule has 1 unspecified atom stereocenters. The van der Waals surface area contributed by atoms with Crippen LogP contribution in [0.25, 0.3) is 10.9 Å². The molecule has 0 amide bonds. The summed E-state index contributed by atoms with van der Waals surface area (Å²) in [6.07, 6.45) is 3.37. The van der Waals surface area contributed by atoms with Crippen molar-refractivity contribution in [2.75, 3.05) is 25.2 Å². The molecule has 1 N–H and O–H groups in total. The fourth-order valence-corrected chi connectivity index (χ4v) is 2.99. The number of ether oxygens (including phenoxy) is 3. The van der Waals surface area contributed by atoms with Crippen molar-refractivity contribution in [2.24, 2.45) is 0 Å². The Morgan fingerprint density at radius 2 is 2.26 bits per heavy atom. The van der Waals surface area contributed by atoms with Gasteiger partial charge in [0.05, 0.1) is 17.5 Å². The second kappa shape index (κ2) is 6.54. The molecule has 0 aliphatic carbocycles. The average Bonchev–Trinajstić information content (AvgIpc) is 2.54. The van der Waals surface area contributed by atoms with Crippen LogP contribution in [0.2, 0.25) is 0 Å². The highest BCUT2D eigenvalue weighted by Crippen LogP contribution is 2.35. The summed E-state index contributed by atoms with van der Waals surface area (Å²) in [5.41, 5.74) is 0.196. The molecular weight excluding hydrogens is 318 g/mol. The van der Waals surface area contributed by atoms with Crippen molar-refractivity contribution < 1.29 is 19.0 Å². The minimum absolute atomic E-state index is 0.0134. The zero-order valence-electron chi connectivity index (χ0n) is 12.9. The predicted octanol–water partition coefficient (Wildman–Crippen LogP) is 2.21. The molecule has 1 atom stereocenters. The maximum Gasteiger partial charge on any atom is 0.343 e. The number of thioether (sulfide) groups is 1. The van der Waals surface area contributed by atoms with E-state index in [0.717, 1.165) is 5.75 Å². The molecule has 122 valence electrons. The largest absolute Gasteiger partial charge is 0.486 e. The first-order chi connectivity index (χ1) is 11.1. The summed E-state index contributed by atoms with van der Waals surface area (Å²) in [5, 5.41) is 0.376. The summed E-state index contributed by atoms with van der Waals surface area (Å²) in [7, 11) is 0. The van der Waals surface area contributed by atoms with Gasteiger partial charge in [0.2, 0.25) is 5.43 Å². The average molecular weight is 335 g/mol. The lowest BCUT2D eigenvalue weighted by atomic mass is 10.1. The lowest BCUT2D eigenvalue weighted by Crippen LogP contribution is -2.31. The van der Waals surface area contributed by atoms with Gasteiger partial charge in [-0.15, -0.1) is 0 Å². The molecule has 23 heavy (non-hydrogen) atoms. The van der Waals surface area contributed by atoms with E-state index in [1.807, 2.05) is 6.26 Å². The fourth-order valence-electron chi connectivity index (χ4n) is 2.46. The van der Waals surface area contributed by atoms with Crippen LogP contribution in [0.5, 0.6) is 11.5 Å². The maximum absolute atomic E-state index is 12.5. The molecule has 2 heterocycles. The quantitative estimate of drug-likeness (QED) is 0.863. The van der Waals surface area contributed by atoms with Gasteiger partial charge in [-0.05, 0) is 19.2 Å². The van der Waals surface area contributed by atoms with Crippen LogP contribution in [-0.4, -0.2) is 42.3 Å². The van der Waals surface area contributed by atoms with Gasteiger partial charge < -0.3 is 19.2 Å². The smallest absolute Gasteiger partial charge is 0.343 e. The Morgan fingerprint density at radius 1 is 1.43 bits per heavy atom. The zero-order chi connectivity index (χ0) is 16.4. The second-order valence-electron chi connectivity index (χ2n) is 5.10. The van der Waals surface area contributed by atoms with E-state index in [9.17, 15) is 9.59 Å². The van der Waals surface area contributed by atoms with E-state index in [0.29, 0.717) is 29.0 Å². The molecule has 1 aliphatic rings. The van der Waals surface area contributed by atoms with Gasteiger partial charge in [-0.25, -0.2) is 4.79 Å². The Kier molecular flexibility index (Phi) is 4.47. The third kappa shape index (κ3) is 3.01. The lowest BCUT2D eigenvalue weighted by Gasteiger charge is -2.26. The van der Waals surface area contributed by atoms with E-state index in [4.69, 9.17) is 14.2 Å². The third-order valence-electron chi connectivity index (χ3n) is 3.51. The number of carbonyl (C=O) groups excluding carboxylic acids is 1. The van der Waals surface area contributed by atoms with Gasteiger partial charge in [0.15, 0.2) is 11.5 Å². The summed E-state index contributed by atoms with van der Waals surface area (Å²) in [4.78, 5) is 27.2. The van der Waals surface area contributed by atoms with E-state index >= 15 is 0 Å². The molecule has 0 saturated carbocycles. The lowest BCUT2D eigenvalue weighted by molar-refractivity contribution is 0.0524. The van der Waals surface area contributed by atoms with E-state index in [1.54, 1.807) is 30.8 Å². The topological polar surface area (TPSA) is 77.6 Å². The first-order valence-electron chi connectivity index (χ1n) is 7.29. The van der Waals surface area contributed by atoms with Crippen molar-refractivity contribution >= 4 is 28.6 Å². The van der Waals surface area contributed by atoms with Gasteiger partial charge in [0, 0.05) is 18.0 Å². The normalized spacial score (nSPS) is 16.3. The molecule has 0 saturated heterocycles. The van der Waals surface area contributed by atoms with E-state index in [-0.39, 0.29) is 23.7 Å². The summed E-state index contributed by atoms with van der Waals surface area (Å²) < 4.78 is 16.5. The molecule has 0 bridgehead atoms. The third-order valence-corrected chi connectivity index (χ3v) is 4.22. The van der Waals surface area contributed by atoms with Crippen molar-refractivity contribution in [3.8, 4) is 11.5 Å². The number of aromatic amines is 1. The van der Waals surface area contributed by atoms with Crippen LogP contribution >= 0.6 is 11.8 Å². The standard InChI is InChI=1S/C16H17NO5S/c1-3-20-16(19)11-6-17-12-5-14-13(4-10(12)15(11)18)21-7-9(22-14)8-23-2/h4-6,9H,3,7-8H2,1-2H3,(H,17,18). The van der Waals surface area contributed by atoms with Crippen molar-refractivity contribution in [3.63, 3.8) is 0 Å². The van der Waals surface area contributed by atoms with Gasteiger partial charge in [-0.1, -0.05) is 0 Å². The number of nitrogens with one attached hydrogen (secondary N) is 1. The predicted molar refractivity (Wildman–Crippen MR) is 88.8 cm³/mol. The van der Waals surface area contributed by atoms with E-state index in [2.05, 4.69) is 4.98 Å². The van der Waals surface area contributed by atoms with Gasteiger partial charge in [0.25, 0.3) is 0 Å². The van der Waals surface area contributed by atoms with Crippen LogP contribution in [0.1, 0.15) is 17.3 Å². The number of fused-ring (bicyclic) bond motifs is 2. The van der Waals surface area contributed by atoms with Gasteiger partial charge in [0.1, 0.15) is 18.3 Å². The Balaban J connectivity index is 2.03. The zero-order valence-corrected chi connectivity index (χ0v) is 13.7. The minimum Gasteiger partial charge on any atom is -0.486 e. The van der Waals surface area contributed by atoms with Crippen LogP contribution in [0.4, 0.5) is 0 Å². The first kappa shape index (κ1) is 15.7. The number of carbonyl (C=O) groups is 1. The SMILES string of the molecule is CCOC(=O)c1c[nH]c2cc3c(cc2c1=O)OCC(CSC)O3. The molecule has 0 radical (unpaired) electrons. The number of esters is 1. The van der Waals surface area contributed by atoms with Crippen LogP contribution in [0, 0.1) is 0 Å². The molecular formula is C16H17NO5S. The molecule has 1 aliphatic heterocycles. The maximum atomic E-state index is 12.5. The summed E-state index contributed by atoms with van der Waals surface area (Å²) in [6.45, 7) is 2.35. The van der Waals surface area contributed by atoms with Crippen molar-refractivity contribution in [1.29, 1.82) is 0 Å². The van der Waals surface area contributed by atoms with Gasteiger partial charge >= 0.3 is 5.97 Å². The highest BCUT2D eigenvalue weighted by molar-refractivity contribution is 7.98. The van der Waals surface area contributed by atoms with Gasteiger partial charge in [-0.2, -0.15) is 11.8 Å². The number of hydrogen-bond acceptors (Lipinski definition) is 6. The van der Waals surface area contributed by atoms with Crippen LogP contribution in [0.3, 0.4) is 0 Å². The Hall–Kier alpha value is -2.15. The number of pyridine rings is 1. The molecule has 6 nitrogen and oxygen atoms in total. The number of benzene rings is 1. The number of hydrogen-bond donors (Lipinski definition) is 1. The molecule has 3 rings (SSSR count). The molecule has 1 aromatic carbocycles. The Morgan fingerprint density at radius 3 is 3.00 bits per heavy atom. The number of rotatable bonds is 4. The highest BCUT2D eigenvalue weighted by Gasteiger charge is 2.23. The number of H-pyrrole nitrogens is 1. The molecule has 7 heteroatoms. The van der Waals surface area contributed by atoms with Crippen molar-refractivity contribution in [2.45, 2.75) is 13.0 Å². The first-order valence-corrected chi connectivity index (χ1v) is 8.68. The molecule has 0 fully saturated rings. The van der Waals surface area contributed by atoms with Crippen LogP contribution < -0.4 is 14.9 Å². The van der Waals surface area contributed by atoms with Crippen molar-refractivity contribution in [1.82, 2.24) is 4.98 Å². The Labute approximate surface area is 137 Å².